The maximum absolute atomic E-state index is 12.4. The molecule has 1 aromatic heterocycles. The molecule has 1 N–H and O–H groups in total. The van der Waals surface area contributed by atoms with Gasteiger partial charge in [-0.1, -0.05) is 19.1 Å². The van der Waals surface area contributed by atoms with Crippen LogP contribution < -0.4 is 4.72 Å². The van der Waals surface area contributed by atoms with Gasteiger partial charge in [-0.05, 0) is 26.0 Å². The van der Waals surface area contributed by atoms with E-state index >= 15 is 0 Å². The monoisotopic (exact) mass is 338 g/mol. The summed E-state index contributed by atoms with van der Waals surface area (Å²) in [5, 5.41) is 0.710. The van der Waals surface area contributed by atoms with Crippen LogP contribution in [0, 0.1) is 6.92 Å². The number of aromatic nitrogens is 1. The van der Waals surface area contributed by atoms with Crippen molar-refractivity contribution in [2.24, 2.45) is 0 Å². The molecule has 0 spiro atoms. The highest BCUT2D eigenvalue weighted by Gasteiger charge is 2.21. The summed E-state index contributed by atoms with van der Waals surface area (Å²) in [6, 6.07) is 5.67. The van der Waals surface area contributed by atoms with Gasteiger partial charge in [0.1, 0.15) is 5.01 Å². The van der Waals surface area contributed by atoms with Crippen molar-refractivity contribution in [1.82, 2.24) is 9.71 Å². The summed E-state index contributed by atoms with van der Waals surface area (Å²) in [7, 11) is -3.70. The van der Waals surface area contributed by atoms with Gasteiger partial charge in [-0.2, -0.15) is 0 Å². The minimum atomic E-state index is -3.70. The molecule has 1 aromatic carbocycles. The molecule has 0 fully saturated rings. The van der Waals surface area contributed by atoms with Gasteiger partial charge >= 0.3 is 0 Å². The zero-order valence-corrected chi connectivity index (χ0v) is 14.3. The van der Waals surface area contributed by atoms with Crippen LogP contribution in [0.5, 0.6) is 0 Å². The lowest BCUT2D eigenvalue weighted by molar-refractivity contribution is 0.0988. The van der Waals surface area contributed by atoms with Gasteiger partial charge in [-0.25, -0.2) is 18.1 Å². The van der Waals surface area contributed by atoms with Crippen molar-refractivity contribution in [2.75, 3.05) is 0 Å². The van der Waals surface area contributed by atoms with Crippen LogP contribution in [0.2, 0.25) is 0 Å². The lowest BCUT2D eigenvalue weighted by Crippen LogP contribution is -2.27. The fourth-order valence-corrected chi connectivity index (χ4v) is 4.07. The Morgan fingerprint density at radius 1 is 1.41 bits per heavy atom. The van der Waals surface area contributed by atoms with Crippen molar-refractivity contribution in [3.8, 4) is 0 Å². The zero-order chi connectivity index (χ0) is 16.3. The van der Waals surface area contributed by atoms with Crippen LogP contribution in [-0.2, 0) is 10.0 Å². The number of thiazole rings is 1. The lowest BCUT2D eigenvalue weighted by Gasteiger charge is -2.12. The molecule has 0 saturated carbocycles. The quantitative estimate of drug-likeness (QED) is 0.821. The minimum absolute atomic E-state index is 0.0827. The molecule has 0 amide bonds. The van der Waals surface area contributed by atoms with Gasteiger partial charge in [0.2, 0.25) is 10.0 Å². The molecule has 0 aliphatic carbocycles. The number of ketones is 1. The Kier molecular flexibility index (Phi) is 5.10. The molecule has 0 bridgehead atoms. The third-order valence-electron chi connectivity index (χ3n) is 3.13. The number of rotatable bonds is 6. The van der Waals surface area contributed by atoms with Gasteiger partial charge in [0.05, 0.1) is 10.9 Å². The van der Waals surface area contributed by atoms with Crippen molar-refractivity contribution < 1.29 is 13.2 Å². The summed E-state index contributed by atoms with van der Waals surface area (Å²) < 4.78 is 27.5. The van der Waals surface area contributed by atoms with E-state index in [9.17, 15) is 13.2 Å². The van der Waals surface area contributed by atoms with Crippen molar-refractivity contribution >= 4 is 27.1 Å². The van der Waals surface area contributed by atoms with E-state index in [0.29, 0.717) is 17.0 Å². The molecule has 22 heavy (non-hydrogen) atoms. The average Bonchev–Trinajstić information content (AvgIpc) is 2.93. The molecule has 118 valence electrons. The highest BCUT2D eigenvalue weighted by atomic mass is 32.2. The van der Waals surface area contributed by atoms with Crippen LogP contribution >= 0.6 is 11.3 Å². The predicted octanol–water partition coefficient (Wildman–Crippen LogP) is 3.08. The van der Waals surface area contributed by atoms with Gasteiger partial charge in [-0.15, -0.1) is 11.3 Å². The number of hydrogen-bond acceptors (Lipinski definition) is 5. The normalized spacial score (nSPS) is 13.0. The summed E-state index contributed by atoms with van der Waals surface area (Å²) in [6.45, 7) is 5.41. The summed E-state index contributed by atoms with van der Waals surface area (Å²) in [6.07, 6.45) is 2.05. The largest absolute Gasteiger partial charge is 0.294 e. The van der Waals surface area contributed by atoms with E-state index in [1.807, 2.05) is 6.92 Å². The van der Waals surface area contributed by atoms with Crippen LogP contribution in [0.4, 0.5) is 0 Å². The third kappa shape index (κ3) is 3.79. The first-order chi connectivity index (χ1) is 10.3. The first kappa shape index (κ1) is 16.8. The van der Waals surface area contributed by atoms with Gasteiger partial charge in [0.25, 0.3) is 0 Å². The topological polar surface area (TPSA) is 76.1 Å². The van der Waals surface area contributed by atoms with Gasteiger partial charge < -0.3 is 0 Å². The highest BCUT2D eigenvalue weighted by molar-refractivity contribution is 7.89. The molecular formula is C15H18N2O3S2. The SMILES string of the molecule is CCC(=O)c1cccc(S(=O)(=O)N[C@H](C)c2ncc(C)s2)c1. The standard InChI is InChI=1S/C15H18N2O3S2/c1-4-14(18)12-6-5-7-13(8-12)22(19,20)17-11(3)15-16-9-10(2)21-15/h5-9,11,17H,4H2,1-3H3/t11-/m1/s1. The Morgan fingerprint density at radius 2 is 2.14 bits per heavy atom. The molecule has 7 heteroatoms. The second kappa shape index (κ2) is 6.68. The fourth-order valence-electron chi connectivity index (χ4n) is 1.96. The van der Waals surface area contributed by atoms with E-state index in [2.05, 4.69) is 9.71 Å². The molecule has 0 aliphatic heterocycles. The van der Waals surface area contributed by atoms with Crippen LogP contribution in [0.3, 0.4) is 0 Å². The van der Waals surface area contributed by atoms with Crippen LogP contribution in [-0.4, -0.2) is 19.2 Å². The minimum Gasteiger partial charge on any atom is -0.294 e. The molecule has 0 aliphatic rings. The Labute approximate surface area is 134 Å². The van der Waals surface area contributed by atoms with Crippen molar-refractivity contribution in [3.05, 3.63) is 45.9 Å². The van der Waals surface area contributed by atoms with E-state index in [-0.39, 0.29) is 10.7 Å². The first-order valence-corrected chi connectivity index (χ1v) is 9.21. The number of benzene rings is 1. The number of nitrogens with zero attached hydrogens (tertiary/aromatic N) is 1. The van der Waals surface area contributed by atoms with Crippen molar-refractivity contribution in [2.45, 2.75) is 38.1 Å². The second-order valence-electron chi connectivity index (χ2n) is 4.96. The maximum atomic E-state index is 12.4. The molecule has 2 rings (SSSR count). The van der Waals surface area contributed by atoms with E-state index in [1.54, 1.807) is 32.2 Å². The third-order valence-corrected chi connectivity index (χ3v) is 5.76. The van der Waals surface area contributed by atoms with Gasteiger partial charge in [0.15, 0.2) is 5.78 Å². The number of hydrogen-bond donors (Lipinski definition) is 1. The van der Waals surface area contributed by atoms with E-state index in [1.165, 1.54) is 23.5 Å². The molecule has 5 nitrogen and oxygen atoms in total. The Morgan fingerprint density at radius 3 is 2.73 bits per heavy atom. The molecule has 1 atom stereocenters. The summed E-state index contributed by atoms with van der Waals surface area (Å²) in [4.78, 5) is 17.0. The number of carbonyl (C=O) groups is 1. The number of nitrogens with one attached hydrogen (secondary N) is 1. The van der Waals surface area contributed by atoms with E-state index in [4.69, 9.17) is 0 Å². The highest BCUT2D eigenvalue weighted by Crippen LogP contribution is 2.22. The number of Topliss-reactive ketones (excluding diaryl/α,β-unsaturated/α-hetero) is 1. The van der Waals surface area contributed by atoms with Crippen LogP contribution in [0.1, 0.15) is 46.6 Å². The van der Waals surface area contributed by atoms with Crippen molar-refractivity contribution in [3.63, 3.8) is 0 Å². The molecule has 0 radical (unpaired) electrons. The van der Waals surface area contributed by atoms with E-state index in [0.717, 1.165) is 4.88 Å². The molecule has 0 unspecified atom stereocenters. The Balaban J connectivity index is 2.25. The fraction of sp³-hybridized carbons (Fsp3) is 0.333. The first-order valence-electron chi connectivity index (χ1n) is 6.91. The van der Waals surface area contributed by atoms with Crippen molar-refractivity contribution in [1.29, 1.82) is 0 Å². The van der Waals surface area contributed by atoms with Crippen LogP contribution in [0.25, 0.3) is 0 Å². The Bertz CT molecular complexity index is 782. The molecule has 2 aromatic rings. The van der Waals surface area contributed by atoms with Gasteiger partial charge in [-0.3, -0.25) is 4.79 Å². The van der Waals surface area contributed by atoms with Crippen LogP contribution in [0.15, 0.2) is 35.4 Å². The smallest absolute Gasteiger partial charge is 0.241 e. The summed E-state index contributed by atoms with van der Waals surface area (Å²) >= 11 is 1.45. The molecule has 0 saturated heterocycles. The maximum Gasteiger partial charge on any atom is 0.241 e. The zero-order valence-electron chi connectivity index (χ0n) is 12.7. The molecular weight excluding hydrogens is 320 g/mol. The molecule has 1 heterocycles. The predicted molar refractivity (Wildman–Crippen MR) is 86.7 cm³/mol. The second-order valence-corrected chi connectivity index (χ2v) is 7.94. The number of carbonyl (C=O) groups excluding carboxylic acids is 1. The van der Waals surface area contributed by atoms with E-state index < -0.39 is 16.1 Å². The number of sulfonamides is 1. The summed E-state index contributed by atoms with van der Waals surface area (Å²) in [5.41, 5.74) is 0.406. The number of aryl methyl sites for hydroxylation is 1. The Hall–Kier alpha value is -1.57. The van der Waals surface area contributed by atoms with Gasteiger partial charge in [0, 0.05) is 23.1 Å². The lowest BCUT2D eigenvalue weighted by atomic mass is 10.1. The summed E-state index contributed by atoms with van der Waals surface area (Å²) in [5.74, 6) is -0.0827. The average molecular weight is 338 g/mol.